The summed E-state index contributed by atoms with van der Waals surface area (Å²) in [6.07, 6.45) is -4.40. The second kappa shape index (κ2) is 6.43. The zero-order valence-electron chi connectivity index (χ0n) is 9.47. The third-order valence-electron chi connectivity index (χ3n) is 1.86. The van der Waals surface area contributed by atoms with Gasteiger partial charge in [-0.3, -0.25) is 4.79 Å². The van der Waals surface area contributed by atoms with E-state index in [0.717, 1.165) is 0 Å². The molecular formula is C9H15F3N2O3. The first kappa shape index (κ1) is 15.7. The van der Waals surface area contributed by atoms with Gasteiger partial charge in [0.25, 0.3) is 0 Å². The summed E-state index contributed by atoms with van der Waals surface area (Å²) >= 11 is 0. The van der Waals surface area contributed by atoms with Crippen molar-refractivity contribution in [3.05, 3.63) is 0 Å². The summed E-state index contributed by atoms with van der Waals surface area (Å²) in [5.74, 6) is -2.35. The molecule has 0 rings (SSSR count). The smallest absolute Gasteiger partial charge is 0.401 e. The van der Waals surface area contributed by atoms with Gasteiger partial charge >= 0.3 is 12.1 Å². The van der Waals surface area contributed by atoms with Crippen LogP contribution in [-0.4, -0.2) is 42.3 Å². The number of aliphatic carboxylic acids is 1. The van der Waals surface area contributed by atoms with Crippen molar-refractivity contribution in [2.24, 2.45) is 5.92 Å². The van der Waals surface area contributed by atoms with Crippen LogP contribution >= 0.6 is 0 Å². The number of hydrogen-bond donors (Lipinski definition) is 3. The Morgan fingerprint density at radius 1 is 1.29 bits per heavy atom. The van der Waals surface area contributed by atoms with Gasteiger partial charge in [-0.05, 0) is 5.92 Å². The fourth-order valence-corrected chi connectivity index (χ4v) is 1.06. The molecule has 0 aliphatic carbocycles. The van der Waals surface area contributed by atoms with Crippen molar-refractivity contribution in [2.45, 2.75) is 26.1 Å². The summed E-state index contributed by atoms with van der Waals surface area (Å²) < 4.78 is 35.2. The molecule has 0 bridgehead atoms. The van der Waals surface area contributed by atoms with E-state index >= 15 is 0 Å². The van der Waals surface area contributed by atoms with E-state index in [2.05, 4.69) is 5.32 Å². The lowest BCUT2D eigenvalue weighted by Gasteiger charge is -2.18. The van der Waals surface area contributed by atoms with Gasteiger partial charge in [-0.25, -0.2) is 4.79 Å². The van der Waals surface area contributed by atoms with E-state index in [1.165, 1.54) is 0 Å². The molecule has 0 aromatic carbocycles. The molecule has 1 amide bonds. The number of carbonyl (C=O) groups is 2. The Morgan fingerprint density at radius 2 is 1.82 bits per heavy atom. The van der Waals surface area contributed by atoms with Gasteiger partial charge in [-0.15, -0.1) is 0 Å². The molecule has 0 spiro atoms. The first-order valence-corrected chi connectivity index (χ1v) is 4.93. The molecule has 5 nitrogen and oxygen atoms in total. The highest BCUT2D eigenvalue weighted by molar-refractivity contribution is 5.84. The van der Waals surface area contributed by atoms with E-state index in [9.17, 15) is 22.8 Å². The zero-order valence-corrected chi connectivity index (χ0v) is 9.47. The number of halogens is 3. The van der Waals surface area contributed by atoms with Crippen molar-refractivity contribution in [1.29, 1.82) is 0 Å². The molecule has 0 aliphatic heterocycles. The van der Waals surface area contributed by atoms with E-state index < -0.39 is 37.2 Å². The second-order valence-corrected chi connectivity index (χ2v) is 3.85. The molecular weight excluding hydrogens is 241 g/mol. The van der Waals surface area contributed by atoms with Crippen LogP contribution in [0.5, 0.6) is 0 Å². The van der Waals surface area contributed by atoms with E-state index in [1.54, 1.807) is 13.8 Å². The highest BCUT2D eigenvalue weighted by Crippen LogP contribution is 2.11. The number of rotatable bonds is 6. The topological polar surface area (TPSA) is 78.4 Å². The average Bonchev–Trinajstić information content (AvgIpc) is 2.10. The number of amides is 1. The maximum absolute atomic E-state index is 11.7. The third kappa shape index (κ3) is 7.56. The molecule has 0 aromatic heterocycles. The molecule has 0 aromatic rings. The molecule has 0 aliphatic rings. The molecule has 100 valence electrons. The number of alkyl halides is 3. The van der Waals surface area contributed by atoms with Crippen molar-refractivity contribution in [1.82, 2.24) is 10.6 Å². The standard InChI is InChI=1S/C9H15F3N2O3/c1-5(2)7(8(16)17)14-6(15)3-13-4-9(10,11)12/h5,7,13H,3-4H2,1-2H3,(H,14,15)(H,16,17)/t7-/m1/s1. The first-order chi connectivity index (χ1) is 7.63. The van der Waals surface area contributed by atoms with Crippen molar-refractivity contribution >= 4 is 11.9 Å². The Labute approximate surface area is 96.4 Å². The maximum atomic E-state index is 11.7. The van der Waals surface area contributed by atoms with Crippen molar-refractivity contribution < 1.29 is 27.9 Å². The molecule has 0 saturated heterocycles. The maximum Gasteiger partial charge on any atom is 0.401 e. The van der Waals surface area contributed by atoms with Gasteiger partial charge in [0, 0.05) is 0 Å². The van der Waals surface area contributed by atoms with E-state index in [4.69, 9.17) is 5.11 Å². The SMILES string of the molecule is CC(C)[C@@H](NC(=O)CNCC(F)(F)F)C(=O)O. The largest absolute Gasteiger partial charge is 0.480 e. The number of carboxylic acids is 1. The van der Waals surface area contributed by atoms with Gasteiger partial charge in [0.05, 0.1) is 13.1 Å². The van der Waals surface area contributed by atoms with Crippen LogP contribution in [0.1, 0.15) is 13.8 Å². The summed E-state index contributed by atoms with van der Waals surface area (Å²) in [5.41, 5.74) is 0. The fourth-order valence-electron chi connectivity index (χ4n) is 1.06. The van der Waals surface area contributed by atoms with Crippen LogP contribution < -0.4 is 10.6 Å². The number of carboxylic acid groups (broad SMARTS) is 1. The normalized spacial score (nSPS) is 13.5. The van der Waals surface area contributed by atoms with Crippen molar-refractivity contribution in [2.75, 3.05) is 13.1 Å². The molecule has 8 heteroatoms. The highest BCUT2D eigenvalue weighted by Gasteiger charge is 2.27. The molecule has 17 heavy (non-hydrogen) atoms. The predicted octanol–water partition coefficient (Wildman–Crippen LogP) is 0.364. The summed E-state index contributed by atoms with van der Waals surface area (Å²) in [4.78, 5) is 21.8. The molecule has 0 fully saturated rings. The van der Waals surface area contributed by atoms with Gasteiger partial charge in [-0.1, -0.05) is 13.8 Å². The first-order valence-electron chi connectivity index (χ1n) is 4.93. The van der Waals surface area contributed by atoms with Crippen molar-refractivity contribution in [3.63, 3.8) is 0 Å². The van der Waals surface area contributed by atoms with Gasteiger partial charge < -0.3 is 15.7 Å². The lowest BCUT2D eigenvalue weighted by atomic mass is 10.1. The average molecular weight is 256 g/mol. The minimum atomic E-state index is -4.40. The van der Waals surface area contributed by atoms with Crippen LogP contribution in [0.4, 0.5) is 13.2 Å². The summed E-state index contributed by atoms with van der Waals surface area (Å²) in [7, 11) is 0. The number of hydrogen-bond acceptors (Lipinski definition) is 3. The van der Waals surface area contributed by atoms with Gasteiger partial charge in [-0.2, -0.15) is 13.2 Å². The summed E-state index contributed by atoms with van der Waals surface area (Å²) in [5, 5.41) is 12.7. The third-order valence-corrected chi connectivity index (χ3v) is 1.86. The van der Waals surface area contributed by atoms with Crippen LogP contribution in [0, 0.1) is 5.92 Å². The molecule has 0 heterocycles. The monoisotopic (exact) mass is 256 g/mol. The van der Waals surface area contributed by atoms with Crippen LogP contribution in [0.3, 0.4) is 0 Å². The highest BCUT2D eigenvalue weighted by atomic mass is 19.4. The molecule has 0 saturated carbocycles. The molecule has 3 N–H and O–H groups in total. The van der Waals surface area contributed by atoms with Gasteiger partial charge in [0.2, 0.25) is 5.91 Å². The Kier molecular flexibility index (Phi) is 5.94. The van der Waals surface area contributed by atoms with Crippen LogP contribution in [0.2, 0.25) is 0 Å². The Bertz CT molecular complexity index is 279. The van der Waals surface area contributed by atoms with Gasteiger partial charge in [0.15, 0.2) is 0 Å². The molecule has 0 unspecified atom stereocenters. The van der Waals surface area contributed by atoms with E-state index in [1.807, 2.05) is 5.32 Å². The zero-order chi connectivity index (χ0) is 13.6. The predicted molar refractivity (Wildman–Crippen MR) is 53.3 cm³/mol. The van der Waals surface area contributed by atoms with Crippen molar-refractivity contribution in [3.8, 4) is 0 Å². The quantitative estimate of drug-likeness (QED) is 0.641. The Hall–Kier alpha value is -1.31. The summed E-state index contributed by atoms with van der Waals surface area (Å²) in [6, 6.07) is -1.10. The Balaban J connectivity index is 4.04. The molecule has 0 radical (unpaired) electrons. The van der Waals surface area contributed by atoms with Crippen LogP contribution in [0.25, 0.3) is 0 Å². The van der Waals surface area contributed by atoms with E-state index in [0.29, 0.717) is 0 Å². The van der Waals surface area contributed by atoms with Gasteiger partial charge in [0.1, 0.15) is 6.04 Å². The summed E-state index contributed by atoms with van der Waals surface area (Å²) in [6.45, 7) is 1.31. The fraction of sp³-hybridized carbons (Fsp3) is 0.778. The Morgan fingerprint density at radius 3 is 2.18 bits per heavy atom. The second-order valence-electron chi connectivity index (χ2n) is 3.85. The molecule has 1 atom stereocenters. The minimum Gasteiger partial charge on any atom is -0.480 e. The van der Waals surface area contributed by atoms with Crippen LogP contribution in [0.15, 0.2) is 0 Å². The lowest BCUT2D eigenvalue weighted by molar-refractivity contribution is -0.143. The minimum absolute atomic E-state index is 0.348. The van der Waals surface area contributed by atoms with Crippen LogP contribution in [-0.2, 0) is 9.59 Å². The van der Waals surface area contributed by atoms with E-state index in [-0.39, 0.29) is 5.92 Å². The number of nitrogens with one attached hydrogen (secondary N) is 2. The number of carbonyl (C=O) groups excluding carboxylic acids is 1. The lowest BCUT2D eigenvalue weighted by Crippen LogP contribution is -2.48.